The Labute approximate surface area is 142 Å². The van der Waals surface area contributed by atoms with Gasteiger partial charge in [0, 0.05) is 50.5 Å². The molecule has 128 valence electrons. The fraction of sp³-hybridized carbons (Fsp3) is 0.500. The summed E-state index contributed by atoms with van der Waals surface area (Å²) >= 11 is 0. The Kier molecular flexibility index (Phi) is 5.82. The Balaban J connectivity index is 1.38. The van der Waals surface area contributed by atoms with Crippen LogP contribution in [0.25, 0.3) is 0 Å². The van der Waals surface area contributed by atoms with Crippen LogP contribution in [0, 0.1) is 5.92 Å². The van der Waals surface area contributed by atoms with Gasteiger partial charge in [0.25, 0.3) is 0 Å². The SMILES string of the molecule is O=C(NCCCc1ccccn1)N1CCC[C@H](Cn2ccnc2)C1. The summed E-state index contributed by atoms with van der Waals surface area (Å²) in [6.07, 6.45) is 11.5. The first kappa shape index (κ1) is 16.5. The highest BCUT2D eigenvalue weighted by Gasteiger charge is 2.23. The van der Waals surface area contributed by atoms with E-state index in [1.54, 1.807) is 6.20 Å². The minimum atomic E-state index is 0.0614. The Hall–Kier alpha value is -2.37. The van der Waals surface area contributed by atoms with Crippen LogP contribution in [0.5, 0.6) is 0 Å². The summed E-state index contributed by atoms with van der Waals surface area (Å²) in [5.74, 6) is 0.507. The number of nitrogens with zero attached hydrogens (tertiary/aromatic N) is 4. The molecule has 0 saturated carbocycles. The molecule has 1 N–H and O–H groups in total. The first-order chi connectivity index (χ1) is 11.8. The van der Waals surface area contributed by atoms with Crippen LogP contribution in [-0.4, -0.2) is 45.1 Å². The molecular weight excluding hydrogens is 302 g/mol. The third-order valence-corrected chi connectivity index (χ3v) is 4.45. The van der Waals surface area contributed by atoms with E-state index in [2.05, 4.69) is 19.9 Å². The number of rotatable bonds is 6. The summed E-state index contributed by atoms with van der Waals surface area (Å²) in [4.78, 5) is 22.7. The topological polar surface area (TPSA) is 63.1 Å². The van der Waals surface area contributed by atoms with Crippen molar-refractivity contribution in [3.63, 3.8) is 0 Å². The van der Waals surface area contributed by atoms with E-state index in [4.69, 9.17) is 0 Å². The predicted molar refractivity (Wildman–Crippen MR) is 92.5 cm³/mol. The normalized spacial score (nSPS) is 17.7. The lowest BCUT2D eigenvalue weighted by molar-refractivity contribution is 0.159. The molecule has 0 aromatic carbocycles. The number of nitrogens with one attached hydrogen (secondary N) is 1. The number of aryl methyl sites for hydroxylation is 1. The Morgan fingerprint density at radius 1 is 1.33 bits per heavy atom. The largest absolute Gasteiger partial charge is 0.338 e. The molecule has 1 atom stereocenters. The van der Waals surface area contributed by atoms with E-state index in [1.807, 2.05) is 41.8 Å². The highest BCUT2D eigenvalue weighted by molar-refractivity contribution is 5.74. The van der Waals surface area contributed by atoms with Gasteiger partial charge < -0.3 is 14.8 Å². The van der Waals surface area contributed by atoms with Crippen molar-refractivity contribution in [1.29, 1.82) is 0 Å². The van der Waals surface area contributed by atoms with Crippen LogP contribution in [0.3, 0.4) is 0 Å². The average Bonchev–Trinajstić information content (AvgIpc) is 3.13. The number of urea groups is 1. The van der Waals surface area contributed by atoms with Gasteiger partial charge in [0.1, 0.15) is 0 Å². The molecule has 2 aromatic rings. The second-order valence-corrected chi connectivity index (χ2v) is 6.37. The van der Waals surface area contributed by atoms with Gasteiger partial charge in [0.15, 0.2) is 0 Å². The van der Waals surface area contributed by atoms with Gasteiger partial charge in [-0.2, -0.15) is 0 Å². The fourth-order valence-electron chi connectivity index (χ4n) is 3.21. The zero-order valence-corrected chi connectivity index (χ0v) is 14.0. The van der Waals surface area contributed by atoms with E-state index in [0.717, 1.165) is 44.6 Å². The number of piperidine rings is 1. The van der Waals surface area contributed by atoms with Crippen molar-refractivity contribution < 1.29 is 4.79 Å². The summed E-state index contributed by atoms with van der Waals surface area (Å²) in [5.41, 5.74) is 1.07. The summed E-state index contributed by atoms with van der Waals surface area (Å²) in [6, 6.07) is 6.00. The van der Waals surface area contributed by atoms with Crippen molar-refractivity contribution in [3.05, 3.63) is 48.8 Å². The lowest BCUT2D eigenvalue weighted by atomic mass is 9.98. The van der Waals surface area contributed by atoms with Crippen LogP contribution < -0.4 is 5.32 Å². The maximum absolute atomic E-state index is 12.3. The van der Waals surface area contributed by atoms with Gasteiger partial charge in [-0.25, -0.2) is 9.78 Å². The van der Waals surface area contributed by atoms with Crippen LogP contribution in [0.1, 0.15) is 25.0 Å². The molecular formula is C18H25N5O. The first-order valence-corrected chi connectivity index (χ1v) is 8.69. The molecule has 2 aromatic heterocycles. The molecule has 6 heteroatoms. The lowest BCUT2D eigenvalue weighted by Crippen LogP contribution is -2.46. The summed E-state index contributed by atoms with van der Waals surface area (Å²) < 4.78 is 2.10. The molecule has 3 rings (SSSR count). The van der Waals surface area contributed by atoms with Gasteiger partial charge in [-0.15, -0.1) is 0 Å². The van der Waals surface area contributed by atoms with Crippen molar-refractivity contribution in [3.8, 4) is 0 Å². The fourth-order valence-corrected chi connectivity index (χ4v) is 3.21. The molecule has 0 spiro atoms. The van der Waals surface area contributed by atoms with Gasteiger partial charge in [0.05, 0.1) is 6.33 Å². The van der Waals surface area contributed by atoms with Gasteiger partial charge in [0.2, 0.25) is 0 Å². The minimum Gasteiger partial charge on any atom is -0.338 e. The molecule has 3 heterocycles. The number of aromatic nitrogens is 3. The lowest BCUT2D eigenvalue weighted by Gasteiger charge is -2.33. The minimum absolute atomic E-state index is 0.0614. The third-order valence-electron chi connectivity index (χ3n) is 4.45. The van der Waals surface area contributed by atoms with Gasteiger partial charge in [-0.1, -0.05) is 6.07 Å². The molecule has 24 heavy (non-hydrogen) atoms. The number of imidazole rings is 1. The highest BCUT2D eigenvalue weighted by atomic mass is 16.2. The standard InChI is InChI=1S/C18H25N5O/c24-18(21-9-3-7-17-6-1-2-8-20-17)23-11-4-5-16(14-23)13-22-12-10-19-15-22/h1-2,6,8,10,12,15-16H,3-5,7,9,11,13-14H2,(H,21,24)/t16-/m1/s1. The summed E-state index contributed by atoms with van der Waals surface area (Å²) in [6.45, 7) is 3.30. The Morgan fingerprint density at radius 3 is 3.08 bits per heavy atom. The number of amides is 2. The third kappa shape index (κ3) is 4.81. The molecule has 2 amide bonds. The molecule has 6 nitrogen and oxygen atoms in total. The Morgan fingerprint density at radius 2 is 2.29 bits per heavy atom. The van der Waals surface area contributed by atoms with Crippen molar-refractivity contribution >= 4 is 6.03 Å². The smallest absolute Gasteiger partial charge is 0.317 e. The van der Waals surface area contributed by atoms with E-state index in [1.165, 1.54) is 6.42 Å². The number of hydrogen-bond donors (Lipinski definition) is 1. The summed E-state index contributed by atoms with van der Waals surface area (Å²) in [5, 5.41) is 3.04. The highest BCUT2D eigenvalue weighted by Crippen LogP contribution is 2.18. The molecule has 1 fully saturated rings. The van der Waals surface area contributed by atoms with Crippen molar-refractivity contribution in [2.45, 2.75) is 32.2 Å². The van der Waals surface area contributed by atoms with Crippen LogP contribution in [0.2, 0.25) is 0 Å². The van der Waals surface area contributed by atoms with Crippen molar-refractivity contribution in [2.75, 3.05) is 19.6 Å². The molecule has 0 unspecified atom stereocenters. The van der Waals surface area contributed by atoms with Gasteiger partial charge >= 0.3 is 6.03 Å². The summed E-state index contributed by atoms with van der Waals surface area (Å²) in [7, 11) is 0. The van der Waals surface area contributed by atoms with E-state index < -0.39 is 0 Å². The van der Waals surface area contributed by atoms with Crippen LogP contribution in [0.15, 0.2) is 43.1 Å². The van der Waals surface area contributed by atoms with E-state index >= 15 is 0 Å². The molecule has 0 bridgehead atoms. The quantitative estimate of drug-likeness (QED) is 0.828. The van der Waals surface area contributed by atoms with Crippen LogP contribution in [-0.2, 0) is 13.0 Å². The maximum Gasteiger partial charge on any atom is 0.317 e. The van der Waals surface area contributed by atoms with E-state index in [-0.39, 0.29) is 6.03 Å². The van der Waals surface area contributed by atoms with Crippen LogP contribution in [0.4, 0.5) is 4.79 Å². The average molecular weight is 327 g/mol. The number of carbonyl (C=O) groups excluding carboxylic acids is 1. The van der Waals surface area contributed by atoms with Crippen molar-refractivity contribution in [1.82, 2.24) is 24.8 Å². The molecule has 0 radical (unpaired) electrons. The molecule has 1 aliphatic heterocycles. The molecule has 1 aliphatic rings. The monoisotopic (exact) mass is 327 g/mol. The van der Waals surface area contributed by atoms with Crippen molar-refractivity contribution in [2.24, 2.45) is 5.92 Å². The predicted octanol–water partition coefficient (Wildman–Crippen LogP) is 2.33. The zero-order chi connectivity index (χ0) is 16.6. The molecule has 0 aliphatic carbocycles. The second-order valence-electron chi connectivity index (χ2n) is 6.37. The number of pyridine rings is 1. The van der Waals surface area contributed by atoms with Gasteiger partial charge in [-0.3, -0.25) is 4.98 Å². The van der Waals surface area contributed by atoms with E-state index in [9.17, 15) is 4.79 Å². The van der Waals surface area contributed by atoms with Gasteiger partial charge in [-0.05, 0) is 43.7 Å². The number of hydrogen-bond acceptors (Lipinski definition) is 3. The zero-order valence-electron chi connectivity index (χ0n) is 14.0. The van der Waals surface area contributed by atoms with Crippen LogP contribution >= 0.6 is 0 Å². The first-order valence-electron chi connectivity index (χ1n) is 8.69. The maximum atomic E-state index is 12.3. The second kappa shape index (κ2) is 8.47. The number of carbonyl (C=O) groups is 1. The number of likely N-dealkylation sites (tertiary alicyclic amines) is 1. The molecule has 1 saturated heterocycles. The Bertz CT molecular complexity index is 614. The van der Waals surface area contributed by atoms with E-state index in [0.29, 0.717) is 12.5 Å².